The molecule has 1 aliphatic rings. The quantitative estimate of drug-likeness (QED) is 0.460. The van der Waals surface area contributed by atoms with Gasteiger partial charge in [0, 0.05) is 11.1 Å². The van der Waals surface area contributed by atoms with E-state index < -0.39 is 0 Å². The fourth-order valence-corrected chi connectivity index (χ4v) is 3.10. The zero-order valence-electron chi connectivity index (χ0n) is 12.6. The van der Waals surface area contributed by atoms with Crippen molar-refractivity contribution in [2.45, 2.75) is 0 Å². The maximum Gasteiger partial charge on any atom is 0.249 e. The van der Waals surface area contributed by atoms with Crippen LogP contribution in [0, 0.1) is 0 Å². The molecular formula is C20H13NO3. The molecule has 0 aliphatic carbocycles. The predicted octanol–water partition coefficient (Wildman–Crippen LogP) is 5.23. The maximum absolute atomic E-state index is 10.1. The molecule has 1 N–H and O–H groups in total. The third-order valence-electron chi connectivity index (χ3n) is 4.17. The Hall–Kier alpha value is -3.40. The monoisotopic (exact) mass is 315 g/mol. The first-order valence-electron chi connectivity index (χ1n) is 7.69. The topological polar surface area (TPSA) is 43.6 Å². The van der Waals surface area contributed by atoms with Crippen LogP contribution in [-0.4, -0.2) is 9.67 Å². The van der Waals surface area contributed by atoms with Crippen molar-refractivity contribution in [3.8, 4) is 34.6 Å². The minimum absolute atomic E-state index is 0.0645. The summed E-state index contributed by atoms with van der Waals surface area (Å²) < 4.78 is 14.2. The molecule has 0 unspecified atom stereocenters. The molecule has 0 radical (unpaired) electrons. The molecule has 0 bridgehead atoms. The standard InChI is InChI=1S/C20H13NO3/c22-16-11-6-12-17-19(16)24-18-14-9-4-5-10-15(14)21(20(18)23-17)13-7-2-1-3-8-13/h1-12,22H. The summed E-state index contributed by atoms with van der Waals surface area (Å²) >= 11 is 0. The molecule has 0 atom stereocenters. The zero-order valence-corrected chi connectivity index (χ0v) is 12.6. The van der Waals surface area contributed by atoms with Gasteiger partial charge < -0.3 is 14.6 Å². The number of rotatable bonds is 1. The average Bonchev–Trinajstić information content (AvgIpc) is 2.95. The van der Waals surface area contributed by atoms with E-state index in [0.29, 0.717) is 23.1 Å². The molecule has 3 aromatic carbocycles. The minimum atomic E-state index is 0.0645. The number of hydrogen-bond donors (Lipinski definition) is 1. The second-order valence-corrected chi connectivity index (χ2v) is 5.63. The molecule has 0 saturated carbocycles. The van der Waals surface area contributed by atoms with Crippen LogP contribution in [0.25, 0.3) is 16.6 Å². The van der Waals surface area contributed by atoms with Gasteiger partial charge in [0.05, 0.1) is 5.52 Å². The molecule has 4 nitrogen and oxygen atoms in total. The van der Waals surface area contributed by atoms with Crippen LogP contribution in [0.5, 0.6) is 28.9 Å². The molecule has 0 amide bonds. The van der Waals surface area contributed by atoms with Crippen LogP contribution in [0.15, 0.2) is 72.8 Å². The molecule has 1 aromatic heterocycles. The van der Waals surface area contributed by atoms with Gasteiger partial charge in [-0.25, -0.2) is 0 Å². The predicted molar refractivity (Wildman–Crippen MR) is 91.5 cm³/mol. The summed E-state index contributed by atoms with van der Waals surface area (Å²) in [7, 11) is 0. The Bertz CT molecular complexity index is 1070. The molecule has 5 rings (SSSR count). The summed E-state index contributed by atoms with van der Waals surface area (Å²) in [6, 6.07) is 23.1. The second-order valence-electron chi connectivity index (χ2n) is 5.63. The third kappa shape index (κ3) is 1.74. The van der Waals surface area contributed by atoms with Gasteiger partial charge in [-0.2, -0.15) is 0 Å². The van der Waals surface area contributed by atoms with E-state index in [1.807, 2.05) is 59.2 Å². The lowest BCUT2D eigenvalue weighted by atomic mass is 10.2. The van der Waals surface area contributed by atoms with Gasteiger partial charge in [0.15, 0.2) is 17.2 Å². The molecule has 0 spiro atoms. The highest BCUT2D eigenvalue weighted by Crippen LogP contribution is 2.53. The van der Waals surface area contributed by atoms with E-state index >= 15 is 0 Å². The van der Waals surface area contributed by atoms with Crippen LogP contribution in [-0.2, 0) is 0 Å². The van der Waals surface area contributed by atoms with Crippen LogP contribution in [0.3, 0.4) is 0 Å². The molecule has 1 aliphatic heterocycles. The van der Waals surface area contributed by atoms with Crippen molar-refractivity contribution >= 4 is 10.9 Å². The number of aromatic hydroxyl groups is 1. The summed E-state index contributed by atoms with van der Waals surface area (Å²) in [5.41, 5.74) is 1.98. The number of phenolic OH excluding ortho intramolecular Hbond substituents is 1. The minimum Gasteiger partial charge on any atom is -0.504 e. The molecule has 24 heavy (non-hydrogen) atoms. The summed E-state index contributed by atoms with van der Waals surface area (Å²) in [6.45, 7) is 0. The van der Waals surface area contributed by atoms with Crippen LogP contribution in [0.4, 0.5) is 0 Å². The fraction of sp³-hybridized carbons (Fsp3) is 0. The molecular weight excluding hydrogens is 302 g/mol. The Labute approximate surface area is 138 Å². The van der Waals surface area contributed by atoms with Gasteiger partial charge >= 0.3 is 0 Å². The van der Waals surface area contributed by atoms with Gasteiger partial charge in [0.2, 0.25) is 11.6 Å². The number of fused-ring (bicyclic) bond motifs is 4. The van der Waals surface area contributed by atoms with Crippen molar-refractivity contribution in [3.63, 3.8) is 0 Å². The van der Waals surface area contributed by atoms with Crippen LogP contribution in [0.2, 0.25) is 0 Å². The molecule has 116 valence electrons. The highest BCUT2D eigenvalue weighted by Gasteiger charge is 2.29. The van der Waals surface area contributed by atoms with E-state index in [-0.39, 0.29) is 5.75 Å². The summed E-state index contributed by atoms with van der Waals surface area (Å²) in [5, 5.41) is 11.0. The number of hydrogen-bond acceptors (Lipinski definition) is 3. The first-order valence-corrected chi connectivity index (χ1v) is 7.69. The highest BCUT2D eigenvalue weighted by atomic mass is 16.6. The summed E-state index contributed by atoms with van der Waals surface area (Å²) in [4.78, 5) is 0. The number of aromatic nitrogens is 1. The Morgan fingerprint density at radius 3 is 2.38 bits per heavy atom. The maximum atomic E-state index is 10.1. The Balaban J connectivity index is 1.83. The van der Waals surface area contributed by atoms with Crippen molar-refractivity contribution < 1.29 is 14.6 Å². The average molecular weight is 315 g/mol. The van der Waals surface area contributed by atoms with Crippen LogP contribution in [0.1, 0.15) is 0 Å². The van der Waals surface area contributed by atoms with Crippen molar-refractivity contribution in [2.75, 3.05) is 0 Å². The lowest BCUT2D eigenvalue weighted by Crippen LogP contribution is -2.02. The number of ether oxygens (including phenoxy) is 2. The van der Waals surface area contributed by atoms with Gasteiger partial charge in [-0.05, 0) is 36.4 Å². The van der Waals surface area contributed by atoms with E-state index in [1.165, 1.54) is 0 Å². The van der Waals surface area contributed by atoms with Gasteiger partial charge in [0.1, 0.15) is 0 Å². The molecule has 0 fully saturated rings. The summed E-state index contributed by atoms with van der Waals surface area (Å²) in [5.74, 6) is 2.14. The van der Waals surface area contributed by atoms with Crippen molar-refractivity contribution in [1.82, 2.24) is 4.57 Å². The van der Waals surface area contributed by atoms with E-state index in [4.69, 9.17) is 9.47 Å². The smallest absolute Gasteiger partial charge is 0.249 e. The van der Waals surface area contributed by atoms with Gasteiger partial charge in [-0.1, -0.05) is 36.4 Å². The van der Waals surface area contributed by atoms with E-state index in [0.717, 1.165) is 16.6 Å². The number of benzene rings is 3. The largest absolute Gasteiger partial charge is 0.504 e. The number of para-hydroxylation sites is 3. The Morgan fingerprint density at radius 2 is 1.50 bits per heavy atom. The summed E-state index contributed by atoms with van der Waals surface area (Å²) in [6.07, 6.45) is 0. The van der Waals surface area contributed by atoms with Gasteiger partial charge in [-0.15, -0.1) is 0 Å². The lowest BCUT2D eigenvalue weighted by molar-refractivity contribution is 0.330. The zero-order chi connectivity index (χ0) is 16.1. The number of phenols is 1. The molecule has 2 heterocycles. The SMILES string of the molecule is Oc1cccc2c1Oc1c(n(-c3ccccc3)c3ccccc13)O2. The second kappa shape index (κ2) is 4.80. The first-order chi connectivity index (χ1) is 11.8. The fourth-order valence-electron chi connectivity index (χ4n) is 3.10. The molecule has 4 heteroatoms. The molecule has 0 saturated heterocycles. The van der Waals surface area contributed by atoms with E-state index in [2.05, 4.69) is 0 Å². The van der Waals surface area contributed by atoms with Crippen LogP contribution >= 0.6 is 0 Å². The normalized spacial score (nSPS) is 12.2. The van der Waals surface area contributed by atoms with Crippen molar-refractivity contribution in [1.29, 1.82) is 0 Å². The third-order valence-corrected chi connectivity index (χ3v) is 4.17. The Morgan fingerprint density at radius 1 is 0.708 bits per heavy atom. The van der Waals surface area contributed by atoms with Gasteiger partial charge in [0.25, 0.3) is 0 Å². The highest BCUT2D eigenvalue weighted by molar-refractivity contribution is 5.93. The van der Waals surface area contributed by atoms with Gasteiger partial charge in [-0.3, -0.25) is 4.57 Å². The van der Waals surface area contributed by atoms with Crippen LogP contribution < -0.4 is 9.47 Å². The molecule has 4 aromatic rings. The Kier molecular flexibility index (Phi) is 2.61. The van der Waals surface area contributed by atoms with E-state index in [1.54, 1.807) is 18.2 Å². The van der Waals surface area contributed by atoms with Crippen molar-refractivity contribution in [2.24, 2.45) is 0 Å². The van der Waals surface area contributed by atoms with E-state index in [9.17, 15) is 5.11 Å². The number of nitrogens with zero attached hydrogens (tertiary/aromatic N) is 1. The van der Waals surface area contributed by atoms with Crippen molar-refractivity contribution in [3.05, 3.63) is 72.8 Å². The first kappa shape index (κ1) is 13.1. The lowest BCUT2D eigenvalue weighted by Gasteiger charge is -2.20.